The molecule has 35 heavy (non-hydrogen) atoms. The zero-order valence-corrected chi connectivity index (χ0v) is 20.7. The molecule has 1 spiro atoms. The van der Waals surface area contributed by atoms with Crippen LogP contribution < -0.4 is 4.90 Å². The van der Waals surface area contributed by atoms with Crippen LogP contribution >= 0.6 is 0 Å². The summed E-state index contributed by atoms with van der Waals surface area (Å²) in [5.41, 5.74) is 0.848. The number of aromatic nitrogens is 2. The van der Waals surface area contributed by atoms with Gasteiger partial charge >= 0.3 is 6.03 Å². The molecule has 5 rings (SSSR count). The number of anilines is 1. The lowest BCUT2D eigenvalue weighted by atomic mass is 9.63. The van der Waals surface area contributed by atoms with E-state index in [1.807, 2.05) is 11.0 Å². The van der Waals surface area contributed by atoms with Gasteiger partial charge in [-0.3, -0.25) is 4.90 Å². The van der Waals surface area contributed by atoms with E-state index in [4.69, 9.17) is 5.26 Å². The molecule has 3 fully saturated rings. The molecule has 2 aromatic rings. The predicted molar refractivity (Wildman–Crippen MR) is 133 cm³/mol. The maximum atomic E-state index is 13.8. The predicted octanol–water partition coefficient (Wildman–Crippen LogP) is 3.32. The van der Waals surface area contributed by atoms with Gasteiger partial charge in [0.15, 0.2) is 0 Å². The minimum absolute atomic E-state index is 0.0308. The van der Waals surface area contributed by atoms with Crippen molar-refractivity contribution in [3.63, 3.8) is 0 Å². The van der Waals surface area contributed by atoms with Crippen molar-refractivity contribution in [3.8, 4) is 6.07 Å². The van der Waals surface area contributed by atoms with Gasteiger partial charge in [0.25, 0.3) is 0 Å². The lowest BCUT2D eigenvalue weighted by molar-refractivity contribution is -0.0688. The average Bonchev–Trinajstić information content (AvgIpc) is 3.11. The lowest BCUT2D eigenvalue weighted by Crippen LogP contribution is -2.59. The SMILES string of the molecule is CN(C)CC1(c2ccccc2)CCC2(CC1)CN(c1cnc(C#N)nc1)C(=O)N2CC1(O)CCC1. The molecule has 2 aliphatic carbocycles. The van der Waals surface area contributed by atoms with Gasteiger partial charge in [-0.05, 0) is 64.6 Å². The number of aliphatic hydroxyl groups is 1. The van der Waals surface area contributed by atoms with Gasteiger partial charge in [-0.1, -0.05) is 30.3 Å². The maximum absolute atomic E-state index is 13.8. The molecule has 2 amide bonds. The van der Waals surface area contributed by atoms with E-state index in [-0.39, 0.29) is 22.8 Å². The Labute approximate surface area is 207 Å². The number of urea groups is 1. The molecule has 1 aromatic carbocycles. The van der Waals surface area contributed by atoms with Gasteiger partial charge in [0, 0.05) is 12.0 Å². The van der Waals surface area contributed by atoms with Crippen molar-refractivity contribution in [2.75, 3.05) is 38.6 Å². The summed E-state index contributed by atoms with van der Waals surface area (Å²) in [4.78, 5) is 27.9. The largest absolute Gasteiger partial charge is 0.388 e. The van der Waals surface area contributed by atoms with E-state index in [1.54, 1.807) is 17.3 Å². The van der Waals surface area contributed by atoms with Crippen LogP contribution in [0.3, 0.4) is 0 Å². The smallest absolute Gasteiger partial charge is 0.325 e. The fourth-order valence-corrected chi connectivity index (χ4v) is 6.35. The second-order valence-electron chi connectivity index (χ2n) is 11.0. The minimum atomic E-state index is -0.794. The van der Waals surface area contributed by atoms with Crippen LogP contribution in [0.25, 0.3) is 0 Å². The molecule has 2 saturated carbocycles. The number of nitrogens with zero attached hydrogens (tertiary/aromatic N) is 6. The first-order chi connectivity index (χ1) is 16.8. The van der Waals surface area contributed by atoms with Crippen molar-refractivity contribution in [1.82, 2.24) is 19.8 Å². The number of amides is 2. The van der Waals surface area contributed by atoms with Crippen molar-refractivity contribution in [1.29, 1.82) is 5.26 Å². The van der Waals surface area contributed by atoms with Crippen molar-refractivity contribution in [3.05, 3.63) is 54.1 Å². The lowest BCUT2D eigenvalue weighted by Gasteiger charge is -2.51. The van der Waals surface area contributed by atoms with E-state index in [2.05, 4.69) is 59.3 Å². The van der Waals surface area contributed by atoms with Gasteiger partial charge in [0.05, 0.1) is 42.3 Å². The monoisotopic (exact) mass is 474 g/mol. The van der Waals surface area contributed by atoms with E-state index in [9.17, 15) is 9.90 Å². The molecule has 184 valence electrons. The summed E-state index contributed by atoms with van der Waals surface area (Å²) in [5.74, 6) is 0.0877. The van der Waals surface area contributed by atoms with Gasteiger partial charge < -0.3 is 14.9 Å². The van der Waals surface area contributed by atoms with Gasteiger partial charge in [0.2, 0.25) is 5.82 Å². The van der Waals surface area contributed by atoms with Crippen LogP contribution in [0.4, 0.5) is 10.5 Å². The third-order valence-electron chi connectivity index (χ3n) is 8.42. The first-order valence-corrected chi connectivity index (χ1v) is 12.5. The number of carbonyl (C=O) groups excluding carboxylic acids is 1. The molecule has 8 heteroatoms. The van der Waals surface area contributed by atoms with E-state index in [1.165, 1.54) is 5.56 Å². The zero-order valence-electron chi connectivity index (χ0n) is 20.7. The third-order valence-corrected chi connectivity index (χ3v) is 8.42. The van der Waals surface area contributed by atoms with E-state index >= 15 is 0 Å². The number of rotatable bonds is 6. The van der Waals surface area contributed by atoms with Crippen LogP contribution in [-0.4, -0.2) is 75.8 Å². The molecule has 0 bridgehead atoms. The van der Waals surface area contributed by atoms with Gasteiger partial charge in [-0.2, -0.15) is 5.26 Å². The highest BCUT2D eigenvalue weighted by Gasteiger charge is 2.56. The Morgan fingerprint density at radius 2 is 1.71 bits per heavy atom. The van der Waals surface area contributed by atoms with Crippen LogP contribution in [0.1, 0.15) is 56.3 Å². The normalized spacial score (nSPS) is 27.8. The van der Waals surface area contributed by atoms with Crippen molar-refractivity contribution in [2.24, 2.45) is 0 Å². The Kier molecular flexibility index (Phi) is 6.02. The Morgan fingerprint density at radius 3 is 2.26 bits per heavy atom. The molecule has 0 unspecified atom stereocenters. The summed E-state index contributed by atoms with van der Waals surface area (Å²) in [5, 5.41) is 20.1. The second-order valence-corrected chi connectivity index (χ2v) is 11.0. The molecule has 1 aliphatic heterocycles. The Balaban J connectivity index is 1.46. The average molecular weight is 475 g/mol. The summed E-state index contributed by atoms with van der Waals surface area (Å²) in [7, 11) is 4.25. The third kappa shape index (κ3) is 4.28. The highest BCUT2D eigenvalue weighted by atomic mass is 16.3. The standard InChI is InChI=1S/C27H34N6O2/c1-31(2)18-25(21-7-4-3-5-8-21)11-13-26(14-12-25)19-32(22-16-29-23(15-28)30-17-22)24(34)33(26)20-27(35)9-6-10-27/h3-5,7-8,16-17,35H,6,9-14,18-20H2,1-2H3. The summed E-state index contributed by atoms with van der Waals surface area (Å²) in [6, 6.07) is 12.6. The maximum Gasteiger partial charge on any atom is 0.325 e. The molecule has 2 heterocycles. The number of β-amino-alcohol motifs (C(OH)–C–C–N with tert-alkyl or cyclic N) is 1. The molecule has 0 atom stereocenters. The highest BCUT2D eigenvalue weighted by Crippen LogP contribution is 2.50. The summed E-state index contributed by atoms with van der Waals surface area (Å²) >= 11 is 0. The zero-order chi connectivity index (χ0) is 24.7. The topological polar surface area (TPSA) is 96.6 Å². The van der Waals surface area contributed by atoms with Gasteiger partial charge in [-0.15, -0.1) is 0 Å². The molecule has 1 saturated heterocycles. The van der Waals surface area contributed by atoms with Crippen molar-refractivity contribution < 1.29 is 9.90 Å². The van der Waals surface area contributed by atoms with E-state index in [0.29, 0.717) is 18.8 Å². The van der Waals surface area contributed by atoms with Crippen LogP contribution in [0, 0.1) is 11.3 Å². The number of hydrogen-bond donors (Lipinski definition) is 1. The van der Waals surface area contributed by atoms with Gasteiger partial charge in [0.1, 0.15) is 6.07 Å². The van der Waals surface area contributed by atoms with Crippen molar-refractivity contribution in [2.45, 2.75) is 61.5 Å². The molecular formula is C27H34N6O2. The Morgan fingerprint density at radius 1 is 1.06 bits per heavy atom. The van der Waals surface area contributed by atoms with E-state index in [0.717, 1.165) is 51.5 Å². The van der Waals surface area contributed by atoms with Gasteiger partial charge in [-0.25, -0.2) is 14.8 Å². The number of likely N-dealkylation sites (N-methyl/N-ethyl adjacent to an activating group) is 1. The fraction of sp³-hybridized carbons (Fsp3) is 0.556. The first kappa shape index (κ1) is 23.7. The van der Waals surface area contributed by atoms with Crippen LogP contribution in [-0.2, 0) is 5.41 Å². The number of hydrogen-bond acceptors (Lipinski definition) is 6. The number of carbonyl (C=O) groups is 1. The fourth-order valence-electron chi connectivity index (χ4n) is 6.35. The summed E-state index contributed by atoms with van der Waals surface area (Å²) in [6.45, 7) is 1.87. The Hall–Kier alpha value is -3.02. The second kappa shape index (κ2) is 8.89. The van der Waals surface area contributed by atoms with Crippen LogP contribution in [0.15, 0.2) is 42.7 Å². The highest BCUT2D eigenvalue weighted by molar-refractivity contribution is 5.95. The quantitative estimate of drug-likeness (QED) is 0.690. The van der Waals surface area contributed by atoms with Crippen LogP contribution in [0.2, 0.25) is 0 Å². The number of nitriles is 1. The first-order valence-electron chi connectivity index (χ1n) is 12.5. The molecule has 3 aliphatic rings. The number of benzene rings is 1. The summed E-state index contributed by atoms with van der Waals surface area (Å²) < 4.78 is 0. The minimum Gasteiger partial charge on any atom is -0.388 e. The molecule has 1 aromatic heterocycles. The summed E-state index contributed by atoms with van der Waals surface area (Å²) in [6.07, 6.45) is 9.26. The molecular weight excluding hydrogens is 440 g/mol. The van der Waals surface area contributed by atoms with E-state index < -0.39 is 5.60 Å². The van der Waals surface area contributed by atoms with Crippen LogP contribution in [0.5, 0.6) is 0 Å². The molecule has 1 N–H and O–H groups in total. The Bertz CT molecular complexity index is 1100. The molecule has 0 radical (unpaired) electrons. The van der Waals surface area contributed by atoms with Crippen molar-refractivity contribution >= 4 is 11.7 Å². The molecule has 8 nitrogen and oxygen atoms in total.